The molecule has 0 spiro atoms. The van der Waals surface area contributed by atoms with Gasteiger partial charge in [0.25, 0.3) is 0 Å². The van der Waals surface area contributed by atoms with Crippen LogP contribution in [-0.2, 0) is 13.1 Å². The van der Waals surface area contributed by atoms with Gasteiger partial charge in [0.2, 0.25) is 0 Å². The van der Waals surface area contributed by atoms with Crippen molar-refractivity contribution in [3.63, 3.8) is 0 Å². The van der Waals surface area contributed by atoms with Crippen LogP contribution < -0.4 is 14.8 Å². The molecule has 1 atom stereocenters. The van der Waals surface area contributed by atoms with E-state index in [0.29, 0.717) is 18.0 Å². The van der Waals surface area contributed by atoms with Gasteiger partial charge in [0, 0.05) is 19.6 Å². The molecule has 0 saturated carbocycles. The van der Waals surface area contributed by atoms with Crippen LogP contribution in [0.5, 0.6) is 11.5 Å². The first-order valence-corrected chi connectivity index (χ1v) is 12.1. The molecule has 2 amide bonds. The maximum absolute atomic E-state index is 13.0. The average molecular weight is 452 g/mol. The molecular weight excluding hydrogens is 414 g/mol. The standard InChI is InChI=1S/C27H37N3O3/c1-20-12-15-29(16-13-20)19-22-8-6-21(7-9-22)18-28-27(31)30-14-4-5-24(30)23-10-11-25(32-2)26(17-23)33-3/h6-11,17,20,24H,4-5,12-16,18-19H2,1-3H3,(H,28,31). The van der Waals surface area contributed by atoms with Crippen molar-refractivity contribution in [2.24, 2.45) is 5.92 Å². The summed E-state index contributed by atoms with van der Waals surface area (Å²) >= 11 is 0. The molecule has 1 unspecified atom stereocenters. The Balaban J connectivity index is 1.31. The molecule has 2 saturated heterocycles. The summed E-state index contributed by atoms with van der Waals surface area (Å²) in [5, 5.41) is 3.12. The van der Waals surface area contributed by atoms with Crippen molar-refractivity contribution in [2.45, 2.75) is 51.7 Å². The fourth-order valence-corrected chi connectivity index (χ4v) is 4.94. The molecule has 6 heteroatoms. The predicted molar refractivity (Wildman–Crippen MR) is 131 cm³/mol. The van der Waals surface area contributed by atoms with Crippen LogP contribution in [0, 0.1) is 5.92 Å². The fourth-order valence-electron chi connectivity index (χ4n) is 4.94. The lowest BCUT2D eigenvalue weighted by Gasteiger charge is -2.30. The minimum atomic E-state index is -0.0150. The number of carbonyl (C=O) groups is 1. The summed E-state index contributed by atoms with van der Waals surface area (Å²) in [6, 6.07) is 14.6. The molecule has 2 aliphatic rings. The van der Waals surface area contributed by atoms with Gasteiger partial charge in [-0.3, -0.25) is 4.90 Å². The zero-order chi connectivity index (χ0) is 23.2. The number of hydrogen-bond donors (Lipinski definition) is 1. The van der Waals surface area contributed by atoms with Gasteiger partial charge in [-0.15, -0.1) is 0 Å². The first-order valence-electron chi connectivity index (χ1n) is 12.1. The van der Waals surface area contributed by atoms with E-state index in [4.69, 9.17) is 9.47 Å². The highest BCUT2D eigenvalue weighted by Crippen LogP contribution is 2.36. The lowest BCUT2D eigenvalue weighted by atomic mass is 9.99. The van der Waals surface area contributed by atoms with Crippen molar-refractivity contribution < 1.29 is 14.3 Å². The third-order valence-corrected chi connectivity index (χ3v) is 7.06. The molecule has 0 aromatic heterocycles. The number of methoxy groups -OCH3 is 2. The Morgan fingerprint density at radius 1 is 0.939 bits per heavy atom. The van der Waals surface area contributed by atoms with Crippen LogP contribution in [0.4, 0.5) is 4.79 Å². The second-order valence-electron chi connectivity index (χ2n) is 9.40. The Hall–Kier alpha value is -2.73. The van der Waals surface area contributed by atoms with Crippen molar-refractivity contribution in [3.05, 3.63) is 59.2 Å². The maximum atomic E-state index is 13.0. The zero-order valence-electron chi connectivity index (χ0n) is 20.2. The summed E-state index contributed by atoms with van der Waals surface area (Å²) < 4.78 is 10.8. The molecule has 2 aromatic rings. The largest absolute Gasteiger partial charge is 0.493 e. The molecule has 0 aliphatic carbocycles. The number of amides is 2. The number of nitrogens with one attached hydrogen (secondary N) is 1. The molecule has 178 valence electrons. The molecule has 1 N–H and O–H groups in total. The number of likely N-dealkylation sites (tertiary alicyclic amines) is 2. The van der Waals surface area contributed by atoms with E-state index in [2.05, 4.69) is 41.4 Å². The van der Waals surface area contributed by atoms with Gasteiger partial charge in [0.15, 0.2) is 11.5 Å². The van der Waals surface area contributed by atoms with Crippen molar-refractivity contribution in [1.82, 2.24) is 15.1 Å². The zero-order valence-corrected chi connectivity index (χ0v) is 20.2. The van der Waals surface area contributed by atoms with E-state index in [1.54, 1.807) is 14.2 Å². The molecular formula is C27H37N3O3. The van der Waals surface area contributed by atoms with Crippen molar-refractivity contribution in [3.8, 4) is 11.5 Å². The number of urea groups is 1. The Kier molecular flexibility index (Phi) is 7.76. The number of rotatable bonds is 7. The van der Waals surface area contributed by atoms with Crippen LogP contribution >= 0.6 is 0 Å². The van der Waals surface area contributed by atoms with Crippen LogP contribution in [0.2, 0.25) is 0 Å². The number of nitrogens with zero attached hydrogens (tertiary/aromatic N) is 2. The van der Waals surface area contributed by atoms with E-state index in [0.717, 1.165) is 43.0 Å². The van der Waals surface area contributed by atoms with Gasteiger partial charge in [-0.2, -0.15) is 0 Å². The van der Waals surface area contributed by atoms with Gasteiger partial charge < -0.3 is 19.7 Å². The van der Waals surface area contributed by atoms with Gasteiger partial charge in [0.1, 0.15) is 0 Å². The van der Waals surface area contributed by atoms with E-state index in [-0.39, 0.29) is 12.1 Å². The smallest absolute Gasteiger partial charge is 0.318 e. The lowest BCUT2D eigenvalue weighted by molar-refractivity contribution is 0.185. The number of ether oxygens (including phenoxy) is 2. The Morgan fingerprint density at radius 2 is 1.64 bits per heavy atom. The molecule has 2 fully saturated rings. The Labute approximate surface area is 197 Å². The molecule has 0 radical (unpaired) electrons. The van der Waals surface area contributed by atoms with Crippen LogP contribution in [0.1, 0.15) is 55.3 Å². The van der Waals surface area contributed by atoms with Gasteiger partial charge in [-0.05, 0) is 73.5 Å². The third-order valence-electron chi connectivity index (χ3n) is 7.06. The van der Waals surface area contributed by atoms with Gasteiger partial charge in [-0.25, -0.2) is 4.79 Å². The summed E-state index contributed by atoms with van der Waals surface area (Å²) in [4.78, 5) is 17.5. The highest BCUT2D eigenvalue weighted by atomic mass is 16.5. The Morgan fingerprint density at radius 3 is 2.33 bits per heavy atom. The fraction of sp³-hybridized carbons (Fsp3) is 0.519. The van der Waals surface area contributed by atoms with Crippen LogP contribution in [-0.4, -0.2) is 49.7 Å². The molecule has 2 heterocycles. The van der Waals surface area contributed by atoms with E-state index in [1.165, 1.54) is 31.5 Å². The minimum Gasteiger partial charge on any atom is -0.493 e. The molecule has 4 rings (SSSR count). The monoisotopic (exact) mass is 451 g/mol. The summed E-state index contributed by atoms with van der Waals surface area (Å²) in [5.74, 6) is 2.25. The normalized spacial score (nSPS) is 19.5. The maximum Gasteiger partial charge on any atom is 0.318 e. The van der Waals surface area contributed by atoms with Crippen molar-refractivity contribution >= 4 is 6.03 Å². The predicted octanol–water partition coefficient (Wildman–Crippen LogP) is 4.98. The van der Waals surface area contributed by atoms with E-state index < -0.39 is 0 Å². The first-order chi connectivity index (χ1) is 16.1. The molecule has 2 aromatic carbocycles. The van der Waals surface area contributed by atoms with E-state index >= 15 is 0 Å². The van der Waals surface area contributed by atoms with E-state index in [9.17, 15) is 4.79 Å². The SMILES string of the molecule is COc1ccc(C2CCCN2C(=O)NCc2ccc(CN3CCC(C)CC3)cc2)cc1OC. The van der Waals surface area contributed by atoms with Crippen LogP contribution in [0.25, 0.3) is 0 Å². The topological polar surface area (TPSA) is 54.0 Å². The summed E-state index contributed by atoms with van der Waals surface area (Å²) in [6.45, 7) is 7.04. The first kappa shape index (κ1) is 23.4. The third kappa shape index (κ3) is 5.80. The molecule has 6 nitrogen and oxygen atoms in total. The summed E-state index contributed by atoms with van der Waals surface area (Å²) in [6.07, 6.45) is 4.54. The molecule has 33 heavy (non-hydrogen) atoms. The summed E-state index contributed by atoms with van der Waals surface area (Å²) in [5.41, 5.74) is 3.55. The van der Waals surface area contributed by atoms with E-state index in [1.807, 2.05) is 23.1 Å². The lowest BCUT2D eigenvalue weighted by Crippen LogP contribution is -2.39. The molecule has 2 aliphatic heterocycles. The van der Waals surface area contributed by atoms with Crippen LogP contribution in [0.15, 0.2) is 42.5 Å². The van der Waals surface area contributed by atoms with Crippen molar-refractivity contribution in [2.75, 3.05) is 33.9 Å². The highest BCUT2D eigenvalue weighted by molar-refractivity contribution is 5.75. The molecule has 0 bridgehead atoms. The number of piperidine rings is 1. The van der Waals surface area contributed by atoms with Crippen LogP contribution in [0.3, 0.4) is 0 Å². The van der Waals surface area contributed by atoms with Gasteiger partial charge in [-0.1, -0.05) is 37.3 Å². The van der Waals surface area contributed by atoms with Gasteiger partial charge >= 0.3 is 6.03 Å². The number of benzene rings is 2. The minimum absolute atomic E-state index is 0.0150. The average Bonchev–Trinajstić information content (AvgIpc) is 3.34. The highest BCUT2D eigenvalue weighted by Gasteiger charge is 2.30. The second-order valence-corrected chi connectivity index (χ2v) is 9.40. The summed E-state index contributed by atoms with van der Waals surface area (Å²) in [7, 11) is 3.27. The van der Waals surface area contributed by atoms with Crippen molar-refractivity contribution in [1.29, 1.82) is 0 Å². The Bertz CT molecular complexity index is 923. The quantitative estimate of drug-likeness (QED) is 0.645. The second kappa shape index (κ2) is 10.9. The van der Waals surface area contributed by atoms with Gasteiger partial charge in [0.05, 0.1) is 20.3 Å². The number of hydrogen-bond acceptors (Lipinski definition) is 4. The number of carbonyl (C=O) groups excluding carboxylic acids is 1.